The fourth-order valence-corrected chi connectivity index (χ4v) is 3.08. The standard InChI is InChI=1S/C22H18FN3O2/c1-14-11-12-26-19(13-14)24-20(17-5-3-4-6-18(17)28-2)21(26)25-22(27)15-7-9-16(23)10-8-15/h3-13H,1-2H3,(H,25,27). The first kappa shape index (κ1) is 17.7. The van der Waals surface area contributed by atoms with Gasteiger partial charge in [0.05, 0.1) is 7.11 Å². The van der Waals surface area contributed by atoms with Gasteiger partial charge in [0, 0.05) is 17.3 Å². The summed E-state index contributed by atoms with van der Waals surface area (Å²) < 4.78 is 20.5. The van der Waals surface area contributed by atoms with E-state index in [4.69, 9.17) is 9.72 Å². The monoisotopic (exact) mass is 375 g/mol. The number of rotatable bonds is 4. The molecule has 5 nitrogen and oxygen atoms in total. The quantitative estimate of drug-likeness (QED) is 0.562. The fraction of sp³-hybridized carbons (Fsp3) is 0.0909. The predicted octanol–water partition coefficient (Wildman–Crippen LogP) is 4.71. The van der Waals surface area contributed by atoms with Crippen LogP contribution in [-0.2, 0) is 0 Å². The molecule has 28 heavy (non-hydrogen) atoms. The summed E-state index contributed by atoms with van der Waals surface area (Å²) in [6.45, 7) is 1.98. The van der Waals surface area contributed by atoms with Crippen LogP contribution in [0.3, 0.4) is 0 Å². The van der Waals surface area contributed by atoms with Gasteiger partial charge in [-0.05, 0) is 61.0 Å². The van der Waals surface area contributed by atoms with E-state index in [1.807, 2.05) is 53.9 Å². The Hall–Kier alpha value is -3.67. The van der Waals surface area contributed by atoms with Crippen LogP contribution in [0.25, 0.3) is 16.9 Å². The molecule has 0 saturated carbocycles. The van der Waals surface area contributed by atoms with Crippen LogP contribution >= 0.6 is 0 Å². The van der Waals surface area contributed by atoms with Gasteiger partial charge in [-0.2, -0.15) is 0 Å². The van der Waals surface area contributed by atoms with Crippen molar-refractivity contribution in [2.75, 3.05) is 12.4 Å². The molecule has 0 aliphatic rings. The van der Waals surface area contributed by atoms with Gasteiger partial charge in [0.2, 0.25) is 0 Å². The number of anilines is 1. The Kier molecular flexibility index (Phi) is 4.53. The number of ether oxygens (including phenoxy) is 1. The molecule has 0 saturated heterocycles. The second-order valence-electron chi connectivity index (χ2n) is 6.40. The summed E-state index contributed by atoms with van der Waals surface area (Å²) in [6.07, 6.45) is 1.86. The molecule has 2 aromatic heterocycles. The number of amides is 1. The third-order valence-corrected chi connectivity index (χ3v) is 4.48. The Labute approximate surface area is 161 Å². The average Bonchev–Trinajstić information content (AvgIpc) is 3.05. The number of nitrogens with zero attached hydrogens (tertiary/aromatic N) is 2. The third-order valence-electron chi connectivity index (χ3n) is 4.48. The molecule has 6 heteroatoms. The van der Waals surface area contributed by atoms with Crippen molar-refractivity contribution in [3.8, 4) is 17.0 Å². The van der Waals surface area contributed by atoms with Crippen LogP contribution < -0.4 is 10.1 Å². The molecular weight excluding hydrogens is 357 g/mol. The molecule has 4 rings (SSSR count). The molecule has 2 heterocycles. The number of para-hydroxylation sites is 1. The predicted molar refractivity (Wildman–Crippen MR) is 106 cm³/mol. The van der Waals surface area contributed by atoms with E-state index in [1.54, 1.807) is 7.11 Å². The molecule has 0 fully saturated rings. The summed E-state index contributed by atoms with van der Waals surface area (Å²) in [5, 5.41) is 2.92. The van der Waals surface area contributed by atoms with Gasteiger partial charge in [0.1, 0.15) is 28.7 Å². The summed E-state index contributed by atoms with van der Waals surface area (Å²) in [5.41, 5.74) is 3.48. The van der Waals surface area contributed by atoms with Gasteiger partial charge in [-0.15, -0.1) is 0 Å². The van der Waals surface area contributed by atoms with Crippen molar-refractivity contribution in [3.63, 3.8) is 0 Å². The summed E-state index contributed by atoms with van der Waals surface area (Å²) in [6, 6.07) is 16.8. The van der Waals surface area contributed by atoms with E-state index in [9.17, 15) is 9.18 Å². The number of aryl methyl sites for hydroxylation is 1. The average molecular weight is 375 g/mol. The highest BCUT2D eigenvalue weighted by atomic mass is 19.1. The van der Waals surface area contributed by atoms with Gasteiger partial charge in [0.15, 0.2) is 0 Å². The number of halogens is 1. The Bertz CT molecular complexity index is 1170. The third kappa shape index (κ3) is 3.20. The number of hydrogen-bond acceptors (Lipinski definition) is 3. The number of imidazole rings is 1. The smallest absolute Gasteiger partial charge is 0.256 e. The second kappa shape index (κ2) is 7.15. The molecule has 0 aliphatic heterocycles. The lowest BCUT2D eigenvalue weighted by molar-refractivity contribution is 0.102. The Balaban J connectivity index is 1.86. The van der Waals surface area contributed by atoms with Gasteiger partial charge in [-0.3, -0.25) is 9.20 Å². The number of hydrogen-bond donors (Lipinski definition) is 1. The van der Waals surface area contributed by atoms with Crippen molar-refractivity contribution in [1.82, 2.24) is 9.38 Å². The summed E-state index contributed by atoms with van der Waals surface area (Å²) in [5.74, 6) is 0.434. The molecule has 4 aromatic rings. The van der Waals surface area contributed by atoms with E-state index in [2.05, 4.69) is 5.32 Å². The van der Waals surface area contributed by atoms with Crippen LogP contribution in [0.4, 0.5) is 10.2 Å². The van der Waals surface area contributed by atoms with Crippen molar-refractivity contribution in [2.24, 2.45) is 0 Å². The maximum Gasteiger partial charge on any atom is 0.256 e. The maximum absolute atomic E-state index is 13.2. The normalized spacial score (nSPS) is 10.8. The molecule has 0 unspecified atom stereocenters. The number of pyridine rings is 1. The topological polar surface area (TPSA) is 55.6 Å². The van der Waals surface area contributed by atoms with E-state index in [1.165, 1.54) is 24.3 Å². The summed E-state index contributed by atoms with van der Waals surface area (Å²) in [7, 11) is 1.59. The van der Waals surface area contributed by atoms with Gasteiger partial charge in [-0.25, -0.2) is 9.37 Å². The van der Waals surface area contributed by atoms with E-state index >= 15 is 0 Å². The number of methoxy groups -OCH3 is 1. The molecule has 0 spiro atoms. The highest BCUT2D eigenvalue weighted by molar-refractivity contribution is 6.06. The molecule has 140 valence electrons. The van der Waals surface area contributed by atoms with Crippen LogP contribution in [0.15, 0.2) is 66.9 Å². The first-order chi connectivity index (χ1) is 13.6. The van der Waals surface area contributed by atoms with E-state index in [0.717, 1.165) is 11.1 Å². The Morgan fingerprint density at radius 3 is 2.61 bits per heavy atom. The lowest BCUT2D eigenvalue weighted by Crippen LogP contribution is -2.14. The highest BCUT2D eigenvalue weighted by Crippen LogP contribution is 2.35. The largest absolute Gasteiger partial charge is 0.496 e. The first-order valence-electron chi connectivity index (χ1n) is 8.76. The van der Waals surface area contributed by atoms with Crippen molar-refractivity contribution in [2.45, 2.75) is 6.92 Å². The van der Waals surface area contributed by atoms with Crippen LogP contribution in [0, 0.1) is 12.7 Å². The Morgan fingerprint density at radius 2 is 1.86 bits per heavy atom. The van der Waals surface area contributed by atoms with Crippen LogP contribution in [-0.4, -0.2) is 22.4 Å². The van der Waals surface area contributed by atoms with Crippen LogP contribution in [0.2, 0.25) is 0 Å². The minimum Gasteiger partial charge on any atom is -0.496 e. The molecule has 1 N–H and O–H groups in total. The van der Waals surface area contributed by atoms with Crippen molar-refractivity contribution >= 4 is 17.4 Å². The maximum atomic E-state index is 13.2. The number of carbonyl (C=O) groups is 1. The number of fused-ring (bicyclic) bond motifs is 1. The SMILES string of the molecule is COc1ccccc1-c1nc2cc(C)ccn2c1NC(=O)c1ccc(F)cc1. The molecular formula is C22H18FN3O2. The van der Waals surface area contributed by atoms with E-state index in [0.29, 0.717) is 28.5 Å². The van der Waals surface area contributed by atoms with Gasteiger partial charge >= 0.3 is 0 Å². The minimum absolute atomic E-state index is 0.349. The van der Waals surface area contributed by atoms with Gasteiger partial charge < -0.3 is 10.1 Å². The molecule has 0 aliphatic carbocycles. The molecule has 0 atom stereocenters. The number of carbonyl (C=O) groups excluding carboxylic acids is 1. The van der Waals surface area contributed by atoms with Gasteiger partial charge in [-0.1, -0.05) is 12.1 Å². The second-order valence-corrected chi connectivity index (χ2v) is 6.40. The van der Waals surface area contributed by atoms with E-state index in [-0.39, 0.29) is 5.91 Å². The lowest BCUT2D eigenvalue weighted by atomic mass is 10.1. The number of benzene rings is 2. The highest BCUT2D eigenvalue weighted by Gasteiger charge is 2.20. The van der Waals surface area contributed by atoms with Crippen molar-refractivity contribution in [1.29, 1.82) is 0 Å². The van der Waals surface area contributed by atoms with E-state index < -0.39 is 5.82 Å². The summed E-state index contributed by atoms with van der Waals surface area (Å²) >= 11 is 0. The number of aromatic nitrogens is 2. The fourth-order valence-electron chi connectivity index (χ4n) is 3.08. The Morgan fingerprint density at radius 1 is 1.11 bits per heavy atom. The first-order valence-corrected chi connectivity index (χ1v) is 8.76. The van der Waals surface area contributed by atoms with Crippen LogP contribution in [0.1, 0.15) is 15.9 Å². The number of nitrogens with one attached hydrogen (secondary N) is 1. The summed E-state index contributed by atoms with van der Waals surface area (Å²) in [4.78, 5) is 17.5. The zero-order valence-electron chi connectivity index (χ0n) is 15.4. The molecule has 1 amide bonds. The van der Waals surface area contributed by atoms with Crippen molar-refractivity contribution < 1.29 is 13.9 Å². The molecule has 0 bridgehead atoms. The molecule has 2 aromatic carbocycles. The van der Waals surface area contributed by atoms with Gasteiger partial charge in [0.25, 0.3) is 5.91 Å². The lowest BCUT2D eigenvalue weighted by Gasteiger charge is -2.10. The van der Waals surface area contributed by atoms with Crippen molar-refractivity contribution in [3.05, 3.63) is 83.8 Å². The molecule has 0 radical (unpaired) electrons. The zero-order chi connectivity index (χ0) is 19.7. The zero-order valence-corrected chi connectivity index (χ0v) is 15.4. The van der Waals surface area contributed by atoms with Crippen LogP contribution in [0.5, 0.6) is 5.75 Å². The minimum atomic E-state index is -0.392.